The molecule has 0 fully saturated rings. The van der Waals surface area contributed by atoms with Crippen LogP contribution in [0.1, 0.15) is 43.4 Å². The molecule has 0 atom stereocenters. The molecule has 2 rings (SSSR count). The maximum absolute atomic E-state index is 13.1. The molecule has 1 aromatic carbocycles. The molecule has 4 heteroatoms. The third-order valence-electron chi connectivity index (χ3n) is 3.39. The predicted octanol–water partition coefficient (Wildman–Crippen LogP) is 4.93. The largest absolute Gasteiger partial charge is 0.489 e. The maximum Gasteiger partial charge on any atom is 0.416 e. The summed E-state index contributed by atoms with van der Waals surface area (Å²) in [6.45, 7) is 4.03. The Morgan fingerprint density at radius 1 is 1.10 bits per heavy atom. The van der Waals surface area contributed by atoms with Gasteiger partial charge >= 0.3 is 6.18 Å². The zero-order valence-electron chi connectivity index (χ0n) is 11.8. The molecule has 1 aliphatic heterocycles. The van der Waals surface area contributed by atoms with Crippen LogP contribution in [0, 0.1) is 0 Å². The van der Waals surface area contributed by atoms with Gasteiger partial charge in [0.25, 0.3) is 0 Å². The Balaban J connectivity index is 2.55. The van der Waals surface area contributed by atoms with E-state index in [9.17, 15) is 13.2 Å². The van der Waals surface area contributed by atoms with Crippen LogP contribution in [-0.2, 0) is 12.8 Å². The topological polar surface area (TPSA) is 9.23 Å². The van der Waals surface area contributed by atoms with Gasteiger partial charge in [-0.3, -0.25) is 0 Å². The van der Waals surface area contributed by atoms with Crippen LogP contribution >= 0.6 is 0 Å². The number of hydrogen-bond donors (Lipinski definition) is 0. The van der Waals surface area contributed by atoms with Crippen molar-refractivity contribution in [2.24, 2.45) is 0 Å². The van der Waals surface area contributed by atoms with E-state index < -0.39 is 11.7 Å². The molecule has 20 heavy (non-hydrogen) atoms. The molecule has 0 aromatic heterocycles. The summed E-state index contributed by atoms with van der Waals surface area (Å²) in [5.74, 6) is 0.418. The summed E-state index contributed by atoms with van der Waals surface area (Å²) in [7, 11) is 0. The number of benzene rings is 1. The van der Waals surface area contributed by atoms with Crippen molar-refractivity contribution in [3.63, 3.8) is 0 Å². The van der Waals surface area contributed by atoms with Crippen LogP contribution < -0.4 is 4.74 Å². The molecule has 0 spiro atoms. The Hall–Kier alpha value is -1.45. The lowest BCUT2D eigenvalue weighted by Gasteiger charge is -2.24. The number of rotatable bonds is 4. The first-order valence-corrected chi connectivity index (χ1v) is 7.03. The Kier molecular flexibility index (Phi) is 4.41. The fraction of sp³-hybridized carbons (Fsp3) is 0.500. The van der Waals surface area contributed by atoms with Gasteiger partial charge in [0.15, 0.2) is 0 Å². The molecule has 1 aromatic rings. The van der Waals surface area contributed by atoms with Gasteiger partial charge in [0, 0.05) is 5.56 Å². The van der Waals surface area contributed by atoms with Crippen molar-refractivity contribution in [1.82, 2.24) is 0 Å². The molecule has 0 radical (unpaired) electrons. The first kappa shape index (κ1) is 14.9. The summed E-state index contributed by atoms with van der Waals surface area (Å²) >= 11 is 0. The molecular formula is C16H19F3O. The first-order valence-electron chi connectivity index (χ1n) is 7.03. The molecule has 0 N–H and O–H groups in total. The van der Waals surface area contributed by atoms with Gasteiger partial charge in [0.1, 0.15) is 12.4 Å². The van der Waals surface area contributed by atoms with Crippen LogP contribution in [-0.4, -0.2) is 12.8 Å². The Morgan fingerprint density at radius 3 is 2.40 bits per heavy atom. The highest BCUT2D eigenvalue weighted by Gasteiger charge is 2.38. The van der Waals surface area contributed by atoms with Crippen molar-refractivity contribution in [1.29, 1.82) is 0 Å². The number of alkyl halides is 3. The van der Waals surface area contributed by atoms with Gasteiger partial charge in [0.2, 0.25) is 0 Å². The second kappa shape index (κ2) is 5.90. The summed E-state index contributed by atoms with van der Waals surface area (Å²) in [5.41, 5.74) is 1.49. The minimum atomic E-state index is -4.33. The minimum Gasteiger partial charge on any atom is -0.489 e. The lowest BCUT2D eigenvalue weighted by molar-refractivity contribution is -0.0697. The maximum atomic E-state index is 13.1. The van der Waals surface area contributed by atoms with Crippen molar-refractivity contribution in [2.45, 2.75) is 45.7 Å². The van der Waals surface area contributed by atoms with E-state index in [4.69, 9.17) is 4.74 Å². The van der Waals surface area contributed by atoms with Crippen molar-refractivity contribution in [3.8, 4) is 5.75 Å². The molecule has 0 aliphatic carbocycles. The Bertz CT molecular complexity index is 515. The van der Waals surface area contributed by atoms with Gasteiger partial charge in [-0.25, -0.2) is 0 Å². The van der Waals surface area contributed by atoms with Gasteiger partial charge in [-0.05, 0) is 36.1 Å². The summed E-state index contributed by atoms with van der Waals surface area (Å²) in [6, 6.07) is 3.63. The van der Waals surface area contributed by atoms with Crippen LogP contribution in [0.25, 0.3) is 5.57 Å². The fourth-order valence-corrected chi connectivity index (χ4v) is 2.60. The summed E-state index contributed by atoms with van der Waals surface area (Å²) in [6.07, 6.45) is 0.132. The molecule has 0 unspecified atom stereocenters. The lowest BCUT2D eigenvalue weighted by Crippen LogP contribution is -2.18. The second-order valence-electron chi connectivity index (χ2n) is 5.06. The highest BCUT2D eigenvalue weighted by molar-refractivity contribution is 5.77. The van der Waals surface area contributed by atoms with E-state index in [0.717, 1.165) is 42.9 Å². The number of ether oxygens (including phenoxy) is 1. The molecule has 0 saturated heterocycles. The molecule has 0 amide bonds. The number of aryl methyl sites for hydroxylation is 2. The fourth-order valence-electron chi connectivity index (χ4n) is 2.60. The van der Waals surface area contributed by atoms with E-state index in [-0.39, 0.29) is 12.2 Å². The summed E-state index contributed by atoms with van der Waals surface area (Å²) in [5, 5.41) is 0. The molecule has 1 nitrogen and oxygen atoms in total. The highest BCUT2D eigenvalue weighted by atomic mass is 19.4. The highest BCUT2D eigenvalue weighted by Crippen LogP contribution is 2.43. The standard InChI is InChI=1S/C16H19F3O/c1-3-5-11-9-12(6-4-2)15-13(10-11)14(7-8-20-15)16(17,18)19/h7,9-10H,3-6,8H2,1-2H3. The Morgan fingerprint density at radius 2 is 1.80 bits per heavy atom. The van der Waals surface area contributed by atoms with Crippen LogP contribution in [0.5, 0.6) is 5.75 Å². The van der Waals surface area contributed by atoms with Crippen molar-refractivity contribution >= 4 is 5.57 Å². The van der Waals surface area contributed by atoms with E-state index in [1.807, 2.05) is 19.9 Å². The van der Waals surface area contributed by atoms with Gasteiger partial charge < -0.3 is 4.74 Å². The van der Waals surface area contributed by atoms with E-state index >= 15 is 0 Å². The van der Waals surface area contributed by atoms with E-state index in [0.29, 0.717) is 5.75 Å². The quantitative estimate of drug-likeness (QED) is 0.761. The van der Waals surface area contributed by atoms with Crippen LogP contribution in [0.2, 0.25) is 0 Å². The van der Waals surface area contributed by atoms with E-state index in [1.54, 1.807) is 6.07 Å². The van der Waals surface area contributed by atoms with Gasteiger partial charge in [-0.1, -0.05) is 32.8 Å². The van der Waals surface area contributed by atoms with Crippen LogP contribution in [0.15, 0.2) is 18.2 Å². The molecule has 110 valence electrons. The normalized spacial score (nSPS) is 14.6. The minimum absolute atomic E-state index is 0.00825. The molecule has 1 aliphatic rings. The van der Waals surface area contributed by atoms with Crippen molar-refractivity contribution < 1.29 is 17.9 Å². The average Bonchev–Trinajstić information content (AvgIpc) is 2.37. The number of halogens is 3. The van der Waals surface area contributed by atoms with Crippen LogP contribution in [0.3, 0.4) is 0 Å². The van der Waals surface area contributed by atoms with Crippen molar-refractivity contribution in [2.75, 3.05) is 6.61 Å². The SMILES string of the molecule is CCCc1cc(CCC)c2c(c1)C(C(F)(F)F)=CCO2. The zero-order valence-corrected chi connectivity index (χ0v) is 11.8. The van der Waals surface area contributed by atoms with Crippen LogP contribution in [0.4, 0.5) is 13.2 Å². The number of hydrogen-bond acceptors (Lipinski definition) is 1. The average molecular weight is 284 g/mol. The second-order valence-corrected chi connectivity index (χ2v) is 5.06. The molecule has 0 saturated carbocycles. The predicted molar refractivity (Wildman–Crippen MR) is 74.0 cm³/mol. The molecule has 0 bridgehead atoms. The van der Waals surface area contributed by atoms with Crippen molar-refractivity contribution in [3.05, 3.63) is 34.9 Å². The van der Waals surface area contributed by atoms with Gasteiger partial charge in [0.05, 0.1) is 5.57 Å². The van der Waals surface area contributed by atoms with E-state index in [2.05, 4.69) is 0 Å². The third kappa shape index (κ3) is 3.00. The summed E-state index contributed by atoms with van der Waals surface area (Å²) < 4.78 is 44.9. The smallest absolute Gasteiger partial charge is 0.416 e. The van der Waals surface area contributed by atoms with E-state index in [1.165, 1.54) is 0 Å². The van der Waals surface area contributed by atoms with Gasteiger partial charge in [-0.2, -0.15) is 13.2 Å². The number of allylic oxidation sites excluding steroid dienone is 1. The Labute approximate surface area is 117 Å². The lowest BCUT2D eigenvalue weighted by atomic mass is 9.93. The van der Waals surface area contributed by atoms with Gasteiger partial charge in [-0.15, -0.1) is 0 Å². The molecular weight excluding hydrogens is 265 g/mol. The monoisotopic (exact) mass is 284 g/mol. The third-order valence-corrected chi connectivity index (χ3v) is 3.39. The first-order chi connectivity index (χ1) is 9.47. The number of fused-ring (bicyclic) bond motifs is 1. The molecule has 1 heterocycles. The summed E-state index contributed by atoms with van der Waals surface area (Å²) in [4.78, 5) is 0. The zero-order chi connectivity index (χ0) is 14.8.